The largest absolute Gasteiger partial charge is 0.468 e. The third kappa shape index (κ3) is 6.29. The predicted octanol–water partition coefficient (Wildman–Crippen LogP) is 3.72. The molecule has 0 saturated carbocycles. The van der Waals surface area contributed by atoms with Gasteiger partial charge in [-0.1, -0.05) is 18.9 Å². The number of alkyl halides is 2. The van der Waals surface area contributed by atoms with Crippen molar-refractivity contribution in [2.24, 2.45) is 11.8 Å². The Hall–Kier alpha value is -3.48. The SMILES string of the molecule is COC(=O)CS(=O)(=O)Nc1ccc2c(c1)N1CCC(CCCC3CN(CC3(F)F)c3cccc(n3)NC2=O)CC1. The third-order valence-electron chi connectivity index (χ3n) is 7.91. The van der Waals surface area contributed by atoms with Crippen molar-refractivity contribution in [2.45, 2.75) is 38.0 Å². The number of esters is 1. The Kier molecular flexibility index (Phi) is 7.85. The number of aromatic nitrogens is 1. The zero-order valence-corrected chi connectivity index (χ0v) is 23.1. The van der Waals surface area contributed by atoms with E-state index in [-0.39, 0.29) is 18.1 Å². The third-order valence-corrected chi connectivity index (χ3v) is 9.07. The number of nitrogens with one attached hydrogen (secondary N) is 2. The number of pyridine rings is 1. The summed E-state index contributed by atoms with van der Waals surface area (Å²) in [6.45, 7) is 1.07. The highest BCUT2D eigenvalue weighted by Crippen LogP contribution is 2.39. The Bertz CT molecular complexity index is 1380. The molecule has 6 rings (SSSR count). The van der Waals surface area contributed by atoms with Crippen LogP contribution in [0.15, 0.2) is 36.4 Å². The summed E-state index contributed by atoms with van der Waals surface area (Å²) in [7, 11) is -2.91. The summed E-state index contributed by atoms with van der Waals surface area (Å²) in [5, 5.41) is 2.78. The standard InChI is InChI=1S/C27H33F2N5O5S/c1-39-25(35)16-40(37,38)32-20-8-9-21-22(14-20)33-12-10-18(11-13-33)4-2-5-19-15-34(17-27(19,28)29)24-7-3-6-23(30-24)31-26(21)36/h3,6-9,14,18-19,32H,2,4-5,10-13,15-17H2,1H3,(H,30,31,36). The molecule has 10 nitrogen and oxygen atoms in total. The summed E-state index contributed by atoms with van der Waals surface area (Å²) in [6, 6.07) is 9.50. The summed E-state index contributed by atoms with van der Waals surface area (Å²) in [4.78, 5) is 33.1. The number of fused-ring (bicyclic) bond motifs is 5. The first-order chi connectivity index (χ1) is 19.0. The van der Waals surface area contributed by atoms with E-state index in [1.165, 1.54) is 12.1 Å². The second kappa shape index (κ2) is 11.2. The fourth-order valence-electron chi connectivity index (χ4n) is 5.77. The second-order valence-corrected chi connectivity index (χ2v) is 12.4. The minimum Gasteiger partial charge on any atom is -0.468 e. The van der Waals surface area contributed by atoms with Crippen LogP contribution in [0.25, 0.3) is 0 Å². The van der Waals surface area contributed by atoms with Crippen molar-refractivity contribution in [3.63, 3.8) is 0 Å². The highest BCUT2D eigenvalue weighted by Gasteiger charge is 2.48. The van der Waals surface area contributed by atoms with Crippen LogP contribution >= 0.6 is 0 Å². The van der Waals surface area contributed by atoms with E-state index in [4.69, 9.17) is 0 Å². The molecular formula is C27H33F2N5O5S. The topological polar surface area (TPSA) is 121 Å². The number of hydrogen-bond acceptors (Lipinski definition) is 8. The van der Waals surface area contributed by atoms with Gasteiger partial charge in [-0.2, -0.15) is 0 Å². The number of ether oxygens (including phenoxy) is 1. The lowest BCUT2D eigenvalue weighted by atomic mass is 9.88. The Labute approximate surface area is 232 Å². The number of carbonyl (C=O) groups excluding carboxylic acids is 2. The number of carbonyl (C=O) groups is 2. The summed E-state index contributed by atoms with van der Waals surface area (Å²) < 4.78 is 61.5. The molecule has 1 aromatic carbocycles. The maximum atomic E-state index is 14.9. The van der Waals surface area contributed by atoms with Crippen molar-refractivity contribution in [3.8, 4) is 0 Å². The van der Waals surface area contributed by atoms with Gasteiger partial charge in [0.1, 0.15) is 11.6 Å². The van der Waals surface area contributed by atoms with Gasteiger partial charge in [0.2, 0.25) is 10.0 Å². The van der Waals surface area contributed by atoms with Gasteiger partial charge in [0, 0.05) is 25.6 Å². The van der Waals surface area contributed by atoms with Crippen LogP contribution in [-0.2, 0) is 19.6 Å². The molecule has 13 heteroatoms. The highest BCUT2D eigenvalue weighted by atomic mass is 32.2. The van der Waals surface area contributed by atoms with Crippen LogP contribution in [0, 0.1) is 11.8 Å². The van der Waals surface area contributed by atoms with E-state index < -0.39 is 46.0 Å². The summed E-state index contributed by atoms with van der Waals surface area (Å²) in [6.07, 6.45) is 3.67. The number of anilines is 4. The Morgan fingerprint density at radius 2 is 1.93 bits per heavy atom. The van der Waals surface area contributed by atoms with Gasteiger partial charge in [0.05, 0.1) is 30.6 Å². The fourth-order valence-corrected chi connectivity index (χ4v) is 6.76. The molecule has 1 aromatic heterocycles. The summed E-state index contributed by atoms with van der Waals surface area (Å²) >= 11 is 0. The maximum Gasteiger partial charge on any atom is 0.322 e. The van der Waals surface area contributed by atoms with Crippen LogP contribution in [-0.4, -0.2) is 70.2 Å². The van der Waals surface area contributed by atoms with Gasteiger partial charge < -0.3 is 19.9 Å². The van der Waals surface area contributed by atoms with E-state index >= 15 is 0 Å². The van der Waals surface area contributed by atoms with Gasteiger partial charge in [-0.15, -0.1) is 0 Å². The zero-order valence-electron chi connectivity index (χ0n) is 22.2. The smallest absolute Gasteiger partial charge is 0.322 e. The van der Waals surface area contributed by atoms with Crippen molar-refractivity contribution in [2.75, 3.05) is 58.9 Å². The first kappa shape index (κ1) is 28.1. The average Bonchev–Trinajstić information content (AvgIpc) is 3.22. The fraction of sp³-hybridized carbons (Fsp3) is 0.519. The number of nitrogens with zero attached hydrogens (tertiary/aromatic N) is 3. The number of benzene rings is 1. The number of amides is 1. The quantitative estimate of drug-likeness (QED) is 0.528. The number of hydrogen-bond donors (Lipinski definition) is 2. The lowest BCUT2D eigenvalue weighted by molar-refractivity contribution is -0.137. The normalized spacial score (nSPS) is 22.7. The van der Waals surface area contributed by atoms with Crippen molar-refractivity contribution < 1.29 is 31.5 Å². The van der Waals surface area contributed by atoms with Crippen molar-refractivity contribution in [1.82, 2.24) is 4.98 Å². The van der Waals surface area contributed by atoms with Gasteiger partial charge in [0.25, 0.3) is 11.8 Å². The van der Waals surface area contributed by atoms with Crippen molar-refractivity contribution in [3.05, 3.63) is 42.0 Å². The molecule has 4 aliphatic heterocycles. The van der Waals surface area contributed by atoms with Crippen molar-refractivity contribution >= 4 is 44.9 Å². The minimum atomic E-state index is -4.02. The Morgan fingerprint density at radius 3 is 2.67 bits per heavy atom. The second-order valence-electron chi connectivity index (χ2n) is 10.7. The van der Waals surface area contributed by atoms with E-state index in [0.717, 1.165) is 32.8 Å². The van der Waals surface area contributed by atoms with Crippen LogP contribution in [0.2, 0.25) is 0 Å². The molecule has 2 N–H and O–H groups in total. The molecule has 1 amide bonds. The van der Waals surface area contributed by atoms with E-state index in [9.17, 15) is 26.8 Å². The molecular weight excluding hydrogens is 544 g/mol. The molecule has 4 aliphatic rings. The first-order valence-electron chi connectivity index (χ1n) is 13.4. The average molecular weight is 578 g/mol. The van der Waals surface area contributed by atoms with Crippen LogP contribution in [0.5, 0.6) is 0 Å². The number of methoxy groups -OCH3 is 1. The molecule has 2 fully saturated rings. The number of sulfonamides is 1. The number of rotatable bonds is 4. The molecule has 2 aromatic rings. The molecule has 1 unspecified atom stereocenters. The highest BCUT2D eigenvalue weighted by molar-refractivity contribution is 7.93. The van der Waals surface area contributed by atoms with Gasteiger partial charge in [0.15, 0.2) is 5.75 Å². The maximum absolute atomic E-state index is 14.9. The molecule has 1 atom stereocenters. The molecule has 0 spiro atoms. The van der Waals surface area contributed by atoms with E-state index in [0.29, 0.717) is 42.5 Å². The molecule has 5 heterocycles. The van der Waals surface area contributed by atoms with E-state index in [2.05, 4.69) is 19.8 Å². The van der Waals surface area contributed by atoms with Gasteiger partial charge in [-0.3, -0.25) is 14.3 Å². The summed E-state index contributed by atoms with van der Waals surface area (Å²) in [5.41, 5.74) is 1.09. The monoisotopic (exact) mass is 577 g/mol. The molecule has 216 valence electrons. The van der Waals surface area contributed by atoms with E-state index in [1.807, 2.05) is 4.90 Å². The van der Waals surface area contributed by atoms with Crippen LogP contribution < -0.4 is 19.8 Å². The van der Waals surface area contributed by atoms with Gasteiger partial charge >= 0.3 is 5.97 Å². The van der Waals surface area contributed by atoms with Crippen molar-refractivity contribution in [1.29, 1.82) is 0 Å². The van der Waals surface area contributed by atoms with Crippen LogP contribution in [0.1, 0.15) is 42.5 Å². The molecule has 6 bridgehead atoms. The van der Waals surface area contributed by atoms with Gasteiger partial charge in [-0.25, -0.2) is 22.2 Å². The van der Waals surface area contributed by atoms with Gasteiger partial charge in [-0.05, 0) is 55.5 Å². The number of piperidine rings is 1. The Balaban J connectivity index is 1.47. The van der Waals surface area contributed by atoms with Crippen LogP contribution in [0.3, 0.4) is 0 Å². The van der Waals surface area contributed by atoms with E-state index in [1.54, 1.807) is 29.2 Å². The lowest BCUT2D eigenvalue weighted by Gasteiger charge is -2.35. The summed E-state index contributed by atoms with van der Waals surface area (Å²) in [5.74, 6) is -4.74. The molecule has 0 radical (unpaired) electrons. The Morgan fingerprint density at radius 1 is 1.15 bits per heavy atom. The lowest BCUT2D eigenvalue weighted by Crippen LogP contribution is -2.35. The first-order valence-corrected chi connectivity index (χ1v) is 15.1. The zero-order chi connectivity index (χ0) is 28.5. The van der Waals surface area contributed by atoms with Crippen LogP contribution in [0.4, 0.5) is 31.8 Å². The number of halogens is 2. The molecule has 40 heavy (non-hydrogen) atoms. The molecule has 2 saturated heterocycles. The predicted molar refractivity (Wildman–Crippen MR) is 147 cm³/mol. The minimum absolute atomic E-state index is 0.216. The molecule has 0 aliphatic carbocycles.